The van der Waals surface area contributed by atoms with Crippen molar-refractivity contribution in [2.45, 2.75) is 45.7 Å². The van der Waals surface area contributed by atoms with Crippen molar-refractivity contribution in [1.82, 2.24) is 9.78 Å². The molecule has 2 aromatic rings. The molecule has 0 spiro atoms. The summed E-state index contributed by atoms with van der Waals surface area (Å²) in [6, 6.07) is 9.07. The molecule has 0 aliphatic heterocycles. The molecule has 0 radical (unpaired) electrons. The van der Waals surface area contributed by atoms with Gasteiger partial charge in [-0.05, 0) is 30.9 Å². The second kappa shape index (κ2) is 7.84. The molecular weight excluding hydrogens is 262 g/mol. The summed E-state index contributed by atoms with van der Waals surface area (Å²) in [6.45, 7) is 5.00. The SMILES string of the molecule is CCCCc1ccc(C(C)Nc2cnn(CCO)c2)cc1. The minimum atomic E-state index is 0.107. The third-order valence-corrected chi connectivity index (χ3v) is 3.64. The maximum absolute atomic E-state index is 8.90. The van der Waals surface area contributed by atoms with E-state index < -0.39 is 0 Å². The molecule has 2 rings (SSSR count). The highest BCUT2D eigenvalue weighted by atomic mass is 16.3. The fourth-order valence-corrected chi connectivity index (χ4v) is 2.35. The third kappa shape index (κ3) is 4.60. The van der Waals surface area contributed by atoms with Gasteiger partial charge in [-0.25, -0.2) is 0 Å². The Bertz CT molecular complexity index is 533. The van der Waals surface area contributed by atoms with E-state index in [4.69, 9.17) is 5.11 Å². The monoisotopic (exact) mass is 287 g/mol. The van der Waals surface area contributed by atoms with Gasteiger partial charge in [-0.1, -0.05) is 37.6 Å². The first-order valence-corrected chi connectivity index (χ1v) is 7.71. The number of hydrogen-bond donors (Lipinski definition) is 2. The highest BCUT2D eigenvalue weighted by Crippen LogP contribution is 2.19. The van der Waals surface area contributed by atoms with E-state index in [-0.39, 0.29) is 12.6 Å². The van der Waals surface area contributed by atoms with Crippen molar-refractivity contribution in [2.24, 2.45) is 0 Å². The molecular formula is C17H25N3O. The van der Waals surface area contributed by atoms with Crippen molar-refractivity contribution < 1.29 is 5.11 Å². The van der Waals surface area contributed by atoms with Crippen LogP contribution in [0.4, 0.5) is 5.69 Å². The number of anilines is 1. The molecule has 114 valence electrons. The quantitative estimate of drug-likeness (QED) is 0.782. The fraction of sp³-hybridized carbons (Fsp3) is 0.471. The summed E-state index contributed by atoms with van der Waals surface area (Å²) in [4.78, 5) is 0. The van der Waals surface area contributed by atoms with Crippen LogP contribution >= 0.6 is 0 Å². The van der Waals surface area contributed by atoms with E-state index in [9.17, 15) is 0 Å². The number of aliphatic hydroxyl groups is 1. The van der Waals surface area contributed by atoms with Crippen molar-refractivity contribution in [3.05, 3.63) is 47.8 Å². The Labute approximate surface area is 126 Å². The van der Waals surface area contributed by atoms with E-state index in [1.54, 1.807) is 10.9 Å². The third-order valence-electron chi connectivity index (χ3n) is 3.64. The molecule has 1 aromatic carbocycles. The number of benzene rings is 1. The molecule has 4 heteroatoms. The first kappa shape index (κ1) is 15.6. The summed E-state index contributed by atoms with van der Waals surface area (Å²) in [6.07, 6.45) is 7.35. The molecule has 0 fully saturated rings. The molecule has 0 saturated heterocycles. The predicted octanol–water partition coefficient (Wildman–Crippen LogP) is 3.39. The molecule has 1 unspecified atom stereocenters. The van der Waals surface area contributed by atoms with Gasteiger partial charge in [0.05, 0.1) is 25.0 Å². The topological polar surface area (TPSA) is 50.1 Å². The highest BCUT2D eigenvalue weighted by Gasteiger charge is 2.07. The summed E-state index contributed by atoms with van der Waals surface area (Å²) >= 11 is 0. The molecule has 0 bridgehead atoms. The van der Waals surface area contributed by atoms with Crippen LogP contribution in [-0.2, 0) is 13.0 Å². The Morgan fingerprint density at radius 3 is 2.71 bits per heavy atom. The van der Waals surface area contributed by atoms with Gasteiger partial charge >= 0.3 is 0 Å². The number of aromatic nitrogens is 2. The number of unbranched alkanes of at least 4 members (excludes halogenated alkanes) is 1. The molecule has 0 amide bonds. The minimum absolute atomic E-state index is 0.107. The largest absolute Gasteiger partial charge is 0.394 e. The lowest BCUT2D eigenvalue weighted by molar-refractivity contribution is 0.269. The van der Waals surface area contributed by atoms with Crippen LogP contribution in [0.25, 0.3) is 0 Å². The number of aliphatic hydroxyl groups excluding tert-OH is 1. The van der Waals surface area contributed by atoms with E-state index in [1.807, 2.05) is 6.20 Å². The zero-order valence-electron chi connectivity index (χ0n) is 12.9. The van der Waals surface area contributed by atoms with Crippen LogP contribution in [0.5, 0.6) is 0 Å². The molecule has 0 aliphatic carbocycles. The Morgan fingerprint density at radius 1 is 1.29 bits per heavy atom. The van der Waals surface area contributed by atoms with Gasteiger partial charge in [0.1, 0.15) is 0 Å². The first-order chi connectivity index (χ1) is 10.2. The van der Waals surface area contributed by atoms with Crippen LogP contribution in [0.2, 0.25) is 0 Å². The maximum Gasteiger partial charge on any atom is 0.0731 e. The predicted molar refractivity (Wildman–Crippen MR) is 86.4 cm³/mol. The van der Waals surface area contributed by atoms with Crippen molar-refractivity contribution >= 4 is 5.69 Å². The van der Waals surface area contributed by atoms with E-state index in [0.29, 0.717) is 6.54 Å². The van der Waals surface area contributed by atoms with Crippen LogP contribution in [-0.4, -0.2) is 21.5 Å². The molecule has 1 aromatic heterocycles. The van der Waals surface area contributed by atoms with Crippen LogP contribution < -0.4 is 5.32 Å². The molecule has 21 heavy (non-hydrogen) atoms. The molecule has 1 heterocycles. The lowest BCUT2D eigenvalue weighted by Crippen LogP contribution is -2.06. The Morgan fingerprint density at radius 2 is 2.05 bits per heavy atom. The van der Waals surface area contributed by atoms with Gasteiger partial charge in [0, 0.05) is 12.2 Å². The number of nitrogens with one attached hydrogen (secondary N) is 1. The van der Waals surface area contributed by atoms with Crippen LogP contribution in [0.3, 0.4) is 0 Å². The summed E-state index contributed by atoms with van der Waals surface area (Å²) in [7, 11) is 0. The Balaban J connectivity index is 1.93. The second-order valence-corrected chi connectivity index (χ2v) is 5.43. The molecule has 2 N–H and O–H groups in total. The van der Waals surface area contributed by atoms with E-state index in [1.165, 1.54) is 24.0 Å². The number of rotatable bonds is 8. The lowest BCUT2D eigenvalue weighted by atomic mass is 10.0. The van der Waals surface area contributed by atoms with Gasteiger partial charge in [0.25, 0.3) is 0 Å². The Hall–Kier alpha value is -1.81. The van der Waals surface area contributed by atoms with E-state index >= 15 is 0 Å². The maximum atomic E-state index is 8.90. The van der Waals surface area contributed by atoms with Gasteiger partial charge in [0.2, 0.25) is 0 Å². The number of nitrogens with zero attached hydrogens (tertiary/aromatic N) is 2. The van der Waals surface area contributed by atoms with Gasteiger partial charge in [0.15, 0.2) is 0 Å². The highest BCUT2D eigenvalue weighted by molar-refractivity contribution is 5.41. The van der Waals surface area contributed by atoms with Crippen LogP contribution in [0, 0.1) is 0 Å². The molecule has 0 saturated carbocycles. The average Bonchev–Trinajstić information content (AvgIpc) is 2.93. The van der Waals surface area contributed by atoms with Crippen LogP contribution in [0.15, 0.2) is 36.7 Å². The van der Waals surface area contributed by atoms with Crippen molar-refractivity contribution in [3.63, 3.8) is 0 Å². The molecule has 1 atom stereocenters. The van der Waals surface area contributed by atoms with Gasteiger partial charge in [-0.15, -0.1) is 0 Å². The summed E-state index contributed by atoms with van der Waals surface area (Å²) < 4.78 is 1.74. The smallest absolute Gasteiger partial charge is 0.0731 e. The average molecular weight is 287 g/mol. The summed E-state index contributed by atoms with van der Waals surface area (Å²) in [5.74, 6) is 0. The minimum Gasteiger partial charge on any atom is -0.394 e. The lowest BCUT2D eigenvalue weighted by Gasteiger charge is -2.14. The summed E-state index contributed by atoms with van der Waals surface area (Å²) in [5, 5.41) is 16.5. The zero-order valence-corrected chi connectivity index (χ0v) is 12.9. The van der Waals surface area contributed by atoms with E-state index in [0.717, 1.165) is 12.1 Å². The van der Waals surface area contributed by atoms with Gasteiger partial charge < -0.3 is 10.4 Å². The first-order valence-electron chi connectivity index (χ1n) is 7.71. The van der Waals surface area contributed by atoms with Crippen molar-refractivity contribution in [1.29, 1.82) is 0 Å². The van der Waals surface area contributed by atoms with E-state index in [2.05, 4.69) is 48.5 Å². The normalized spacial score (nSPS) is 12.3. The van der Waals surface area contributed by atoms with Crippen LogP contribution in [0.1, 0.15) is 43.9 Å². The van der Waals surface area contributed by atoms with Crippen molar-refractivity contribution in [2.75, 3.05) is 11.9 Å². The van der Waals surface area contributed by atoms with Crippen molar-refractivity contribution in [3.8, 4) is 0 Å². The number of aryl methyl sites for hydroxylation is 1. The molecule has 4 nitrogen and oxygen atoms in total. The second-order valence-electron chi connectivity index (χ2n) is 5.43. The van der Waals surface area contributed by atoms with Gasteiger partial charge in [-0.3, -0.25) is 4.68 Å². The zero-order chi connectivity index (χ0) is 15.1. The van der Waals surface area contributed by atoms with Gasteiger partial charge in [-0.2, -0.15) is 5.10 Å². The Kier molecular flexibility index (Phi) is 5.81. The number of hydrogen-bond acceptors (Lipinski definition) is 3. The fourth-order valence-electron chi connectivity index (χ4n) is 2.35. The molecule has 0 aliphatic rings. The summed E-state index contributed by atoms with van der Waals surface area (Å²) in [5.41, 5.74) is 3.65. The standard InChI is InChI=1S/C17H25N3O/c1-3-4-5-15-6-8-16(9-7-15)14(2)19-17-12-18-20(13-17)10-11-21/h6-9,12-14,19,21H,3-5,10-11H2,1-2H3.